The predicted octanol–water partition coefficient (Wildman–Crippen LogP) is 3.15. The third-order valence-electron chi connectivity index (χ3n) is 4.34. The summed E-state index contributed by atoms with van der Waals surface area (Å²) >= 11 is 0. The normalized spacial score (nSPS) is 14.9. The summed E-state index contributed by atoms with van der Waals surface area (Å²) in [7, 11) is 0. The van der Waals surface area contributed by atoms with Crippen molar-refractivity contribution in [1.29, 1.82) is 0 Å². The number of anilines is 1. The molecule has 0 spiro atoms. The molecule has 0 atom stereocenters. The average Bonchev–Trinajstić information content (AvgIpc) is 3.18. The van der Waals surface area contributed by atoms with Crippen molar-refractivity contribution in [2.24, 2.45) is 0 Å². The summed E-state index contributed by atoms with van der Waals surface area (Å²) < 4.78 is 0. The van der Waals surface area contributed by atoms with Crippen LogP contribution in [0.3, 0.4) is 0 Å². The second kappa shape index (κ2) is 6.26. The summed E-state index contributed by atoms with van der Waals surface area (Å²) in [5.74, 6) is 0. The fourth-order valence-electron chi connectivity index (χ4n) is 3.09. The van der Waals surface area contributed by atoms with Gasteiger partial charge in [-0.2, -0.15) is 5.10 Å². The summed E-state index contributed by atoms with van der Waals surface area (Å²) in [5, 5.41) is 10.5. The molecular formula is C19H20N4. The van der Waals surface area contributed by atoms with Gasteiger partial charge in [0, 0.05) is 43.6 Å². The number of benzene rings is 2. The van der Waals surface area contributed by atoms with Crippen LogP contribution < -0.4 is 10.2 Å². The lowest BCUT2D eigenvalue weighted by atomic mass is 10.0. The molecule has 1 fully saturated rings. The maximum atomic E-state index is 4.04. The lowest BCUT2D eigenvalue weighted by Crippen LogP contribution is -2.43. The maximum absolute atomic E-state index is 4.04. The Morgan fingerprint density at radius 2 is 1.57 bits per heavy atom. The molecule has 0 unspecified atom stereocenters. The highest BCUT2D eigenvalue weighted by Gasteiger charge is 2.11. The first-order chi connectivity index (χ1) is 11.4. The van der Waals surface area contributed by atoms with Crippen molar-refractivity contribution in [1.82, 2.24) is 15.5 Å². The van der Waals surface area contributed by atoms with Crippen LogP contribution in [0.25, 0.3) is 22.4 Å². The van der Waals surface area contributed by atoms with Crippen molar-refractivity contribution in [3.63, 3.8) is 0 Å². The number of aromatic nitrogens is 2. The van der Waals surface area contributed by atoms with Crippen molar-refractivity contribution < 1.29 is 0 Å². The van der Waals surface area contributed by atoms with Crippen LogP contribution in [0.1, 0.15) is 0 Å². The van der Waals surface area contributed by atoms with E-state index in [1.165, 1.54) is 16.8 Å². The fourth-order valence-corrected chi connectivity index (χ4v) is 3.09. The van der Waals surface area contributed by atoms with Crippen LogP contribution in [0.15, 0.2) is 60.8 Å². The molecule has 4 heteroatoms. The molecule has 2 heterocycles. The molecule has 4 rings (SSSR count). The van der Waals surface area contributed by atoms with Crippen LogP contribution in [0, 0.1) is 0 Å². The number of rotatable bonds is 3. The fraction of sp³-hybridized carbons (Fsp3) is 0.211. The van der Waals surface area contributed by atoms with E-state index in [1.807, 2.05) is 6.07 Å². The van der Waals surface area contributed by atoms with Gasteiger partial charge in [-0.25, -0.2) is 0 Å². The third-order valence-corrected chi connectivity index (χ3v) is 4.34. The molecule has 1 aliphatic rings. The Labute approximate surface area is 136 Å². The van der Waals surface area contributed by atoms with Gasteiger partial charge in [-0.1, -0.05) is 30.3 Å². The second-order valence-corrected chi connectivity index (χ2v) is 5.84. The van der Waals surface area contributed by atoms with Crippen molar-refractivity contribution in [2.45, 2.75) is 0 Å². The molecule has 0 bridgehead atoms. The zero-order valence-corrected chi connectivity index (χ0v) is 13.0. The van der Waals surface area contributed by atoms with Crippen LogP contribution >= 0.6 is 0 Å². The van der Waals surface area contributed by atoms with E-state index in [9.17, 15) is 0 Å². The van der Waals surface area contributed by atoms with Crippen LogP contribution in [-0.2, 0) is 0 Å². The summed E-state index contributed by atoms with van der Waals surface area (Å²) in [6, 6.07) is 19.4. The Morgan fingerprint density at radius 3 is 2.35 bits per heavy atom. The molecule has 4 nitrogen and oxygen atoms in total. The third kappa shape index (κ3) is 2.98. The molecule has 1 aromatic heterocycles. The molecule has 1 aliphatic heterocycles. The molecule has 1 saturated heterocycles. The molecule has 2 aromatic carbocycles. The summed E-state index contributed by atoms with van der Waals surface area (Å²) in [6.07, 6.45) is 1.78. The number of H-pyrrole nitrogens is 1. The molecule has 0 radical (unpaired) electrons. The zero-order valence-electron chi connectivity index (χ0n) is 13.0. The molecular weight excluding hydrogens is 284 g/mol. The highest BCUT2D eigenvalue weighted by atomic mass is 15.2. The quantitative estimate of drug-likeness (QED) is 0.781. The highest BCUT2D eigenvalue weighted by molar-refractivity contribution is 5.73. The minimum absolute atomic E-state index is 1.05. The first-order valence-electron chi connectivity index (χ1n) is 8.06. The molecule has 116 valence electrons. The maximum Gasteiger partial charge on any atom is 0.0650 e. The lowest BCUT2D eigenvalue weighted by Gasteiger charge is -2.29. The van der Waals surface area contributed by atoms with Gasteiger partial charge < -0.3 is 10.2 Å². The van der Waals surface area contributed by atoms with E-state index in [0.717, 1.165) is 37.4 Å². The first kappa shape index (κ1) is 14.0. The van der Waals surface area contributed by atoms with E-state index in [4.69, 9.17) is 0 Å². The van der Waals surface area contributed by atoms with Gasteiger partial charge in [-0.3, -0.25) is 5.10 Å². The Kier molecular flexibility index (Phi) is 3.82. The van der Waals surface area contributed by atoms with Gasteiger partial charge in [0.1, 0.15) is 0 Å². The number of nitrogens with one attached hydrogen (secondary N) is 2. The van der Waals surface area contributed by atoms with Crippen LogP contribution in [-0.4, -0.2) is 36.4 Å². The number of hydrogen-bond donors (Lipinski definition) is 2. The number of piperazine rings is 1. The SMILES string of the molecule is c1cc(-c2cccc(N3CCNCC3)c2)cc(-c2ccn[nH]2)c1. The number of nitrogens with zero attached hydrogens (tertiary/aromatic N) is 2. The van der Waals surface area contributed by atoms with Gasteiger partial charge in [-0.15, -0.1) is 0 Å². The average molecular weight is 304 g/mol. The Bertz CT molecular complexity index is 774. The van der Waals surface area contributed by atoms with Crippen molar-refractivity contribution in [3.8, 4) is 22.4 Å². The minimum Gasteiger partial charge on any atom is -0.369 e. The van der Waals surface area contributed by atoms with Gasteiger partial charge in [0.15, 0.2) is 0 Å². The van der Waals surface area contributed by atoms with Gasteiger partial charge in [-0.05, 0) is 35.4 Å². The standard InChI is InChI=1S/C19H20N4/c1-3-15(13-17(5-1)19-7-8-21-22-19)16-4-2-6-18(14-16)23-11-9-20-10-12-23/h1-8,13-14,20H,9-12H2,(H,21,22). The summed E-state index contributed by atoms with van der Waals surface area (Å²) in [5.41, 5.74) is 5.99. The molecule has 0 aliphatic carbocycles. The van der Waals surface area contributed by atoms with Crippen molar-refractivity contribution >= 4 is 5.69 Å². The lowest BCUT2D eigenvalue weighted by molar-refractivity contribution is 0.589. The number of hydrogen-bond acceptors (Lipinski definition) is 3. The van der Waals surface area contributed by atoms with Crippen LogP contribution in [0.5, 0.6) is 0 Å². The van der Waals surface area contributed by atoms with Gasteiger partial charge in [0.05, 0.1) is 5.69 Å². The Balaban J connectivity index is 1.66. The largest absolute Gasteiger partial charge is 0.369 e. The van der Waals surface area contributed by atoms with Crippen LogP contribution in [0.4, 0.5) is 5.69 Å². The van der Waals surface area contributed by atoms with E-state index in [0.29, 0.717) is 0 Å². The van der Waals surface area contributed by atoms with Gasteiger partial charge in [0.25, 0.3) is 0 Å². The molecule has 0 amide bonds. The first-order valence-corrected chi connectivity index (χ1v) is 8.06. The molecule has 3 aromatic rings. The monoisotopic (exact) mass is 304 g/mol. The van der Waals surface area contributed by atoms with Crippen LogP contribution in [0.2, 0.25) is 0 Å². The van der Waals surface area contributed by atoms with E-state index >= 15 is 0 Å². The summed E-state index contributed by atoms with van der Waals surface area (Å²) in [4.78, 5) is 2.44. The van der Waals surface area contributed by atoms with E-state index in [2.05, 4.69) is 68.9 Å². The number of aromatic amines is 1. The smallest absolute Gasteiger partial charge is 0.0650 e. The van der Waals surface area contributed by atoms with E-state index in [1.54, 1.807) is 6.20 Å². The Hall–Kier alpha value is -2.59. The summed E-state index contributed by atoms with van der Waals surface area (Å²) in [6.45, 7) is 4.24. The second-order valence-electron chi connectivity index (χ2n) is 5.84. The predicted molar refractivity (Wildman–Crippen MR) is 94.5 cm³/mol. The molecule has 2 N–H and O–H groups in total. The molecule has 0 saturated carbocycles. The minimum atomic E-state index is 1.05. The van der Waals surface area contributed by atoms with Gasteiger partial charge >= 0.3 is 0 Å². The zero-order chi connectivity index (χ0) is 15.5. The highest BCUT2D eigenvalue weighted by Crippen LogP contribution is 2.28. The van der Waals surface area contributed by atoms with E-state index < -0.39 is 0 Å². The van der Waals surface area contributed by atoms with E-state index in [-0.39, 0.29) is 0 Å². The Morgan fingerprint density at radius 1 is 0.826 bits per heavy atom. The molecule has 23 heavy (non-hydrogen) atoms. The topological polar surface area (TPSA) is 44.0 Å². The van der Waals surface area contributed by atoms with Crippen molar-refractivity contribution in [2.75, 3.05) is 31.1 Å². The van der Waals surface area contributed by atoms with Gasteiger partial charge in [0.2, 0.25) is 0 Å². The van der Waals surface area contributed by atoms with Crippen molar-refractivity contribution in [3.05, 3.63) is 60.8 Å².